The van der Waals surface area contributed by atoms with Gasteiger partial charge in [-0.1, -0.05) is 6.92 Å². The number of hydrogen-bond acceptors (Lipinski definition) is 6. The fraction of sp³-hybridized carbons (Fsp3) is 0.500. The molecular weight excluding hydrogens is 300 g/mol. The van der Waals surface area contributed by atoms with Crippen LogP contribution in [0, 0.1) is 0 Å². The van der Waals surface area contributed by atoms with E-state index >= 15 is 0 Å². The van der Waals surface area contributed by atoms with E-state index in [0.717, 1.165) is 11.3 Å². The Balaban J connectivity index is 2.32. The SMILES string of the molecule is CCc1csc(C(=O)OC2CCO2)c1S(=O)(=O)Cl. The van der Waals surface area contributed by atoms with Gasteiger partial charge in [-0.2, -0.15) is 0 Å². The van der Waals surface area contributed by atoms with Gasteiger partial charge in [0, 0.05) is 17.1 Å². The summed E-state index contributed by atoms with van der Waals surface area (Å²) in [6.45, 7) is 2.33. The Morgan fingerprint density at radius 3 is 2.78 bits per heavy atom. The summed E-state index contributed by atoms with van der Waals surface area (Å²) in [4.78, 5) is 11.7. The maximum atomic E-state index is 11.8. The van der Waals surface area contributed by atoms with Crippen molar-refractivity contribution in [1.82, 2.24) is 0 Å². The molecule has 0 spiro atoms. The van der Waals surface area contributed by atoms with Gasteiger partial charge in [-0.15, -0.1) is 11.3 Å². The maximum Gasteiger partial charge on any atom is 0.352 e. The number of thiophene rings is 1. The third-order valence-electron chi connectivity index (χ3n) is 2.52. The van der Waals surface area contributed by atoms with Gasteiger partial charge < -0.3 is 9.47 Å². The molecule has 18 heavy (non-hydrogen) atoms. The number of rotatable bonds is 4. The topological polar surface area (TPSA) is 69.7 Å². The third-order valence-corrected chi connectivity index (χ3v) is 5.08. The number of halogens is 1. The van der Waals surface area contributed by atoms with E-state index < -0.39 is 21.3 Å². The van der Waals surface area contributed by atoms with Gasteiger partial charge >= 0.3 is 5.97 Å². The lowest BCUT2D eigenvalue weighted by Gasteiger charge is -2.25. The van der Waals surface area contributed by atoms with Crippen molar-refractivity contribution in [1.29, 1.82) is 0 Å². The van der Waals surface area contributed by atoms with Crippen LogP contribution in [0.1, 0.15) is 28.6 Å². The van der Waals surface area contributed by atoms with Gasteiger partial charge in [-0.25, -0.2) is 13.2 Å². The molecule has 8 heteroatoms. The second kappa shape index (κ2) is 5.16. The molecule has 1 aliphatic heterocycles. The Labute approximate surface area is 113 Å². The van der Waals surface area contributed by atoms with Crippen LogP contribution in [-0.2, 0) is 24.9 Å². The first-order chi connectivity index (χ1) is 8.43. The van der Waals surface area contributed by atoms with Crippen LogP contribution in [0.4, 0.5) is 0 Å². The molecule has 0 bridgehead atoms. The van der Waals surface area contributed by atoms with E-state index in [4.69, 9.17) is 20.2 Å². The highest BCUT2D eigenvalue weighted by molar-refractivity contribution is 8.14. The van der Waals surface area contributed by atoms with Gasteiger partial charge in [-0.3, -0.25) is 0 Å². The Kier molecular flexibility index (Phi) is 3.96. The molecule has 0 saturated carbocycles. The number of carbonyl (C=O) groups is 1. The van der Waals surface area contributed by atoms with Crippen LogP contribution in [0.3, 0.4) is 0 Å². The Hall–Kier alpha value is -0.630. The first kappa shape index (κ1) is 13.8. The molecule has 2 heterocycles. The Morgan fingerprint density at radius 1 is 1.67 bits per heavy atom. The summed E-state index contributed by atoms with van der Waals surface area (Å²) in [6.07, 6.45) is 0.529. The molecule has 1 aliphatic rings. The average Bonchev–Trinajstić information content (AvgIpc) is 2.66. The van der Waals surface area contributed by atoms with Crippen molar-refractivity contribution in [3.05, 3.63) is 15.8 Å². The van der Waals surface area contributed by atoms with Crippen LogP contribution in [0.5, 0.6) is 0 Å². The molecule has 1 atom stereocenters. The zero-order chi connectivity index (χ0) is 13.3. The number of esters is 1. The van der Waals surface area contributed by atoms with Crippen molar-refractivity contribution >= 4 is 37.0 Å². The van der Waals surface area contributed by atoms with Crippen molar-refractivity contribution in [2.24, 2.45) is 0 Å². The minimum atomic E-state index is -3.96. The molecule has 1 unspecified atom stereocenters. The highest BCUT2D eigenvalue weighted by atomic mass is 35.7. The van der Waals surface area contributed by atoms with E-state index in [2.05, 4.69) is 0 Å². The summed E-state index contributed by atoms with van der Waals surface area (Å²) in [5, 5.41) is 1.60. The lowest BCUT2D eigenvalue weighted by molar-refractivity contribution is -0.184. The molecule has 1 aromatic heterocycles. The van der Waals surface area contributed by atoms with Crippen LogP contribution in [0.15, 0.2) is 10.3 Å². The van der Waals surface area contributed by atoms with Crippen molar-refractivity contribution in [2.75, 3.05) is 6.61 Å². The summed E-state index contributed by atoms with van der Waals surface area (Å²) in [7, 11) is 1.40. The molecule has 0 radical (unpaired) electrons. The molecule has 0 N–H and O–H groups in total. The molecular formula is C10H11ClO5S2. The van der Waals surface area contributed by atoms with E-state index in [9.17, 15) is 13.2 Å². The summed E-state index contributed by atoms with van der Waals surface area (Å²) >= 11 is 1.02. The molecule has 5 nitrogen and oxygen atoms in total. The van der Waals surface area contributed by atoms with Crippen LogP contribution < -0.4 is 0 Å². The highest BCUT2D eigenvalue weighted by Crippen LogP contribution is 2.32. The van der Waals surface area contributed by atoms with Crippen molar-refractivity contribution in [2.45, 2.75) is 31.0 Å². The summed E-state index contributed by atoms with van der Waals surface area (Å²) < 4.78 is 33.0. The molecule has 100 valence electrons. The van der Waals surface area contributed by atoms with E-state index in [0.29, 0.717) is 25.0 Å². The van der Waals surface area contributed by atoms with E-state index in [1.165, 1.54) is 0 Å². The van der Waals surface area contributed by atoms with E-state index in [1.54, 1.807) is 12.3 Å². The van der Waals surface area contributed by atoms with Crippen molar-refractivity contribution in [3.63, 3.8) is 0 Å². The zero-order valence-corrected chi connectivity index (χ0v) is 11.9. The lowest BCUT2D eigenvalue weighted by atomic mass is 10.2. The minimum Gasteiger partial charge on any atom is -0.431 e. The number of carbonyl (C=O) groups excluding carboxylic acids is 1. The molecule has 1 fully saturated rings. The quantitative estimate of drug-likeness (QED) is 0.629. The van der Waals surface area contributed by atoms with Gasteiger partial charge in [0.2, 0.25) is 6.29 Å². The monoisotopic (exact) mass is 310 g/mol. The fourth-order valence-corrected chi connectivity index (χ4v) is 4.48. The summed E-state index contributed by atoms with van der Waals surface area (Å²) in [5.74, 6) is -0.705. The minimum absolute atomic E-state index is 0.0114. The molecule has 1 aromatic rings. The van der Waals surface area contributed by atoms with E-state index in [-0.39, 0.29) is 9.77 Å². The molecule has 0 aromatic carbocycles. The largest absolute Gasteiger partial charge is 0.431 e. The number of ether oxygens (including phenoxy) is 2. The first-order valence-corrected chi connectivity index (χ1v) is 8.50. The van der Waals surface area contributed by atoms with Gasteiger partial charge in [0.25, 0.3) is 9.05 Å². The van der Waals surface area contributed by atoms with Crippen molar-refractivity contribution in [3.8, 4) is 0 Å². The second-order valence-corrected chi connectivity index (χ2v) is 7.09. The van der Waals surface area contributed by atoms with Crippen LogP contribution in [-0.4, -0.2) is 27.3 Å². The predicted octanol–water partition coefficient (Wildman–Crippen LogP) is 2.14. The maximum absolute atomic E-state index is 11.8. The normalized spacial score (nSPS) is 19.3. The molecule has 0 aliphatic carbocycles. The van der Waals surface area contributed by atoms with Gasteiger partial charge in [0.15, 0.2) is 0 Å². The second-order valence-electron chi connectivity index (χ2n) is 3.70. The van der Waals surface area contributed by atoms with Gasteiger partial charge in [0.05, 0.1) is 6.61 Å². The molecule has 0 amide bonds. The van der Waals surface area contributed by atoms with Crippen LogP contribution in [0.2, 0.25) is 0 Å². The summed E-state index contributed by atoms with van der Waals surface area (Å²) in [5.41, 5.74) is 0.525. The van der Waals surface area contributed by atoms with Gasteiger partial charge in [0.1, 0.15) is 9.77 Å². The fourth-order valence-electron chi connectivity index (χ4n) is 1.51. The summed E-state index contributed by atoms with van der Waals surface area (Å²) in [6, 6.07) is 0. The standard InChI is InChI=1S/C10H11ClO5S2/c1-2-6-5-17-8(9(6)18(11,13)14)10(12)16-7-3-4-15-7/h5,7H,2-4H2,1H3. The molecule has 1 saturated heterocycles. The molecule has 2 rings (SSSR count). The predicted molar refractivity (Wildman–Crippen MR) is 66.5 cm³/mol. The third kappa shape index (κ3) is 2.69. The van der Waals surface area contributed by atoms with Gasteiger partial charge in [-0.05, 0) is 17.4 Å². The smallest absolute Gasteiger partial charge is 0.352 e. The number of aryl methyl sites for hydroxylation is 1. The van der Waals surface area contributed by atoms with Crippen LogP contribution >= 0.6 is 22.0 Å². The Bertz CT molecular complexity index is 559. The Morgan fingerprint density at radius 2 is 2.33 bits per heavy atom. The zero-order valence-electron chi connectivity index (χ0n) is 9.51. The highest BCUT2D eigenvalue weighted by Gasteiger charge is 2.30. The van der Waals surface area contributed by atoms with Crippen LogP contribution in [0.25, 0.3) is 0 Å². The number of hydrogen-bond donors (Lipinski definition) is 0. The lowest BCUT2D eigenvalue weighted by Crippen LogP contribution is -2.31. The van der Waals surface area contributed by atoms with E-state index in [1.807, 2.05) is 0 Å². The van der Waals surface area contributed by atoms with Crippen molar-refractivity contribution < 1.29 is 22.7 Å². The first-order valence-electron chi connectivity index (χ1n) is 5.31. The average molecular weight is 311 g/mol.